The second-order valence-corrected chi connectivity index (χ2v) is 14.4. The highest BCUT2D eigenvalue weighted by atomic mass is 35.5. The quantitative estimate of drug-likeness (QED) is 0.259. The Bertz CT molecular complexity index is 1970. The number of piperazine rings is 1. The fourth-order valence-electron chi connectivity index (χ4n) is 7.38. The number of carbonyl (C=O) groups excluding carboxylic acids is 1. The SMILES string of the molecule is N#Cc1c(N)sc2c(F)ccc(-c3c(Cl)cc4c(N5CC6CCC(C5)N6)nc(C(=O)NC5(CN6CC[C@@H](F)C6)CC5)nc4c3F)c12. The fraction of sp³-hybridized carbons (Fsp3) is 0.438. The molecule has 0 radical (unpaired) electrons. The number of benzene rings is 2. The van der Waals surface area contributed by atoms with Crippen molar-refractivity contribution in [2.24, 2.45) is 0 Å². The van der Waals surface area contributed by atoms with Crippen LogP contribution < -0.4 is 21.3 Å². The van der Waals surface area contributed by atoms with Gasteiger partial charge in [0.05, 0.1) is 20.8 Å². The highest BCUT2D eigenvalue weighted by Gasteiger charge is 2.47. The number of aromatic nitrogens is 2. The zero-order valence-electron chi connectivity index (χ0n) is 24.7. The number of fused-ring (bicyclic) bond motifs is 4. The first-order valence-corrected chi connectivity index (χ1v) is 16.6. The van der Waals surface area contributed by atoms with E-state index in [0.29, 0.717) is 50.3 Å². The molecule has 3 aliphatic heterocycles. The first-order valence-electron chi connectivity index (χ1n) is 15.4. The van der Waals surface area contributed by atoms with Crippen molar-refractivity contribution in [2.75, 3.05) is 43.4 Å². The molecular weight excluding hydrogens is 637 g/mol. The van der Waals surface area contributed by atoms with Gasteiger partial charge in [0.1, 0.15) is 34.4 Å². The molecule has 9 nitrogen and oxygen atoms in total. The topological polar surface area (TPSA) is 123 Å². The van der Waals surface area contributed by atoms with Gasteiger partial charge in [0.2, 0.25) is 5.82 Å². The van der Waals surface area contributed by atoms with Crippen molar-refractivity contribution in [3.63, 3.8) is 0 Å². The molecule has 14 heteroatoms. The van der Waals surface area contributed by atoms with Crippen LogP contribution in [-0.2, 0) is 0 Å². The predicted molar refractivity (Wildman–Crippen MR) is 172 cm³/mol. The Morgan fingerprint density at radius 1 is 1.20 bits per heavy atom. The number of likely N-dealkylation sites (tertiary alicyclic amines) is 1. The number of nitrogens with one attached hydrogen (secondary N) is 2. The van der Waals surface area contributed by atoms with Crippen LogP contribution in [-0.4, -0.2) is 77.3 Å². The highest BCUT2D eigenvalue weighted by molar-refractivity contribution is 7.23. The summed E-state index contributed by atoms with van der Waals surface area (Å²) in [6, 6.07) is 6.63. The number of rotatable bonds is 6. The number of anilines is 2. The first-order chi connectivity index (χ1) is 22.1. The second kappa shape index (κ2) is 10.9. The fourth-order valence-corrected chi connectivity index (χ4v) is 8.62. The molecule has 3 saturated heterocycles. The molecule has 3 atom stereocenters. The Hall–Kier alpha value is -3.70. The lowest BCUT2D eigenvalue weighted by atomic mass is 9.97. The average molecular weight is 667 g/mol. The summed E-state index contributed by atoms with van der Waals surface area (Å²) in [5.74, 6) is -1.71. The second-order valence-electron chi connectivity index (χ2n) is 13.0. The standard InChI is InChI=1S/C32H30ClF3N8OS/c33-21-9-19-26(25(36)24(21)18-3-4-22(35)27-23(18)20(10-37)28(38)46-27)40-29(41-30(19)44-12-16-1-2-17(13-44)39-16)31(45)42-32(6-7-32)14-43-8-5-15(34)11-43/h3-4,9,15-17,39H,1-2,5-8,11-14,38H2,(H,42,45)/t15-,16?,17?/m1/s1. The third kappa shape index (κ3) is 4.94. The third-order valence-corrected chi connectivity index (χ3v) is 11.1. The molecule has 1 saturated carbocycles. The molecule has 4 aliphatic rings. The summed E-state index contributed by atoms with van der Waals surface area (Å²) in [4.78, 5) is 27.1. The van der Waals surface area contributed by atoms with E-state index in [0.717, 1.165) is 37.0 Å². The minimum Gasteiger partial charge on any atom is -0.389 e. The number of nitrogen functional groups attached to an aromatic ring is 1. The average Bonchev–Trinajstić information content (AvgIpc) is 3.30. The van der Waals surface area contributed by atoms with Crippen LogP contribution in [0.15, 0.2) is 18.2 Å². The van der Waals surface area contributed by atoms with E-state index in [-0.39, 0.29) is 60.2 Å². The summed E-state index contributed by atoms with van der Waals surface area (Å²) >= 11 is 7.72. The van der Waals surface area contributed by atoms with E-state index in [4.69, 9.17) is 22.3 Å². The molecule has 2 bridgehead atoms. The molecule has 4 fully saturated rings. The summed E-state index contributed by atoms with van der Waals surface area (Å²) in [6.07, 6.45) is 3.10. The van der Waals surface area contributed by atoms with E-state index in [1.807, 2.05) is 11.0 Å². The van der Waals surface area contributed by atoms with Crippen molar-refractivity contribution in [2.45, 2.75) is 55.9 Å². The molecule has 4 aromatic rings. The molecule has 4 N–H and O–H groups in total. The molecule has 5 heterocycles. The molecule has 2 unspecified atom stereocenters. The third-order valence-electron chi connectivity index (χ3n) is 9.75. The van der Waals surface area contributed by atoms with Gasteiger partial charge in [-0.3, -0.25) is 9.69 Å². The highest BCUT2D eigenvalue weighted by Crippen LogP contribution is 2.46. The molecule has 238 valence electrons. The Morgan fingerprint density at radius 2 is 1.96 bits per heavy atom. The number of alkyl halides is 1. The van der Waals surface area contributed by atoms with Crippen molar-refractivity contribution in [3.05, 3.63) is 46.2 Å². The lowest BCUT2D eigenvalue weighted by Gasteiger charge is -2.34. The van der Waals surface area contributed by atoms with Crippen molar-refractivity contribution >= 4 is 60.7 Å². The summed E-state index contributed by atoms with van der Waals surface area (Å²) in [6.45, 7) is 2.74. The molecule has 0 spiro atoms. The maximum absolute atomic E-state index is 16.9. The number of carbonyl (C=O) groups is 1. The van der Waals surface area contributed by atoms with E-state index in [1.165, 1.54) is 12.1 Å². The minimum atomic E-state index is -0.867. The van der Waals surface area contributed by atoms with Gasteiger partial charge in [-0.25, -0.2) is 23.1 Å². The molecule has 1 aliphatic carbocycles. The van der Waals surface area contributed by atoms with Crippen LogP contribution in [0.3, 0.4) is 0 Å². The number of nitriles is 1. The van der Waals surface area contributed by atoms with E-state index in [9.17, 15) is 18.8 Å². The zero-order chi connectivity index (χ0) is 31.9. The van der Waals surface area contributed by atoms with Crippen LogP contribution in [0.4, 0.5) is 24.0 Å². The Balaban J connectivity index is 1.26. The van der Waals surface area contributed by atoms with Crippen LogP contribution in [0.25, 0.3) is 32.1 Å². The van der Waals surface area contributed by atoms with Gasteiger partial charge < -0.3 is 21.3 Å². The van der Waals surface area contributed by atoms with E-state index in [1.54, 1.807) is 6.07 Å². The van der Waals surface area contributed by atoms with Crippen LogP contribution in [0.2, 0.25) is 5.02 Å². The van der Waals surface area contributed by atoms with E-state index in [2.05, 4.69) is 20.5 Å². The van der Waals surface area contributed by atoms with Crippen LogP contribution >= 0.6 is 22.9 Å². The lowest BCUT2D eigenvalue weighted by Crippen LogP contribution is -2.51. The van der Waals surface area contributed by atoms with Crippen molar-refractivity contribution in [3.8, 4) is 17.2 Å². The van der Waals surface area contributed by atoms with Gasteiger partial charge in [-0.1, -0.05) is 17.7 Å². The summed E-state index contributed by atoms with van der Waals surface area (Å²) in [5.41, 5.74) is 5.60. The van der Waals surface area contributed by atoms with Crippen LogP contribution in [0.1, 0.15) is 48.3 Å². The van der Waals surface area contributed by atoms with Crippen LogP contribution in [0, 0.1) is 23.0 Å². The molecule has 46 heavy (non-hydrogen) atoms. The number of halogens is 4. The number of hydrogen-bond acceptors (Lipinski definition) is 9. The number of amides is 1. The first kappa shape index (κ1) is 29.7. The molecular formula is C32H30ClF3N8OS. The summed E-state index contributed by atoms with van der Waals surface area (Å²) in [5, 5.41) is 17.2. The summed E-state index contributed by atoms with van der Waals surface area (Å²) in [7, 11) is 0. The van der Waals surface area contributed by atoms with Gasteiger partial charge in [0.25, 0.3) is 5.91 Å². The summed E-state index contributed by atoms with van der Waals surface area (Å²) < 4.78 is 45.7. The van der Waals surface area contributed by atoms with Gasteiger partial charge in [-0.15, -0.1) is 11.3 Å². The Morgan fingerprint density at radius 3 is 2.63 bits per heavy atom. The lowest BCUT2D eigenvalue weighted by molar-refractivity contribution is 0.0909. The molecule has 1 amide bonds. The van der Waals surface area contributed by atoms with Crippen molar-refractivity contribution in [1.82, 2.24) is 25.5 Å². The predicted octanol–water partition coefficient (Wildman–Crippen LogP) is 5.14. The van der Waals surface area contributed by atoms with Gasteiger partial charge in [0.15, 0.2) is 5.82 Å². The monoisotopic (exact) mass is 666 g/mol. The van der Waals surface area contributed by atoms with E-state index >= 15 is 4.39 Å². The Labute approximate surface area is 271 Å². The van der Waals surface area contributed by atoms with Gasteiger partial charge >= 0.3 is 0 Å². The maximum Gasteiger partial charge on any atom is 0.289 e. The number of nitrogens with zero attached hydrogens (tertiary/aromatic N) is 5. The van der Waals surface area contributed by atoms with Crippen molar-refractivity contribution in [1.29, 1.82) is 5.26 Å². The van der Waals surface area contributed by atoms with Crippen LogP contribution in [0.5, 0.6) is 0 Å². The molecule has 2 aromatic carbocycles. The number of thiophene rings is 1. The maximum atomic E-state index is 16.9. The normalized spacial score (nSPS) is 23.7. The molecule has 2 aromatic heterocycles. The van der Waals surface area contributed by atoms with E-state index < -0.39 is 29.3 Å². The van der Waals surface area contributed by atoms with Crippen molar-refractivity contribution < 1.29 is 18.0 Å². The minimum absolute atomic E-state index is 0.0282. The number of nitrogens with two attached hydrogens (primary N) is 1. The van der Waals surface area contributed by atoms with Gasteiger partial charge in [-0.05, 0) is 49.8 Å². The zero-order valence-corrected chi connectivity index (χ0v) is 26.2. The smallest absolute Gasteiger partial charge is 0.289 e. The largest absolute Gasteiger partial charge is 0.389 e. The van der Waals surface area contributed by atoms with Gasteiger partial charge in [-0.2, -0.15) is 5.26 Å². The Kier molecular flexibility index (Phi) is 7.06. The van der Waals surface area contributed by atoms with Gasteiger partial charge in [0, 0.05) is 61.1 Å². The molecule has 8 rings (SSSR count). The number of hydrogen-bond donors (Lipinski definition) is 3.